The van der Waals surface area contributed by atoms with Gasteiger partial charge in [-0.3, -0.25) is 4.79 Å². The maximum absolute atomic E-state index is 13.3. The van der Waals surface area contributed by atoms with Gasteiger partial charge in [0.25, 0.3) is 0 Å². The summed E-state index contributed by atoms with van der Waals surface area (Å²) in [4.78, 5) is 13.3. The fraction of sp³-hybridized carbons (Fsp3) is 0.227. The number of allylic oxidation sites excluding steroid dienone is 1. The third kappa shape index (κ3) is 4.89. The Bertz CT molecular complexity index is 1050. The zero-order valence-electron chi connectivity index (χ0n) is 16.1. The lowest BCUT2D eigenvalue weighted by molar-refractivity contribution is -0.115. The Balaban J connectivity index is 1.64. The first-order chi connectivity index (χ1) is 14.5. The van der Waals surface area contributed by atoms with Crippen LogP contribution >= 0.6 is 35.0 Å². The number of halogens is 2. The lowest BCUT2D eigenvalue weighted by atomic mass is 10.1. The standard InChI is InChI=1S/C22H20Cl2N4OS/c1-2-10-28-20(15-8-9-15)26-27-22(28)30-19(14-6-4-3-5-7-14)21(29)25-18-12-16(23)11-17(24)13-18/h2-7,11-13,15,19H,1,8-10H2,(H,25,29). The number of carbonyl (C=O) groups excluding carboxylic acids is 1. The molecule has 1 atom stereocenters. The summed E-state index contributed by atoms with van der Waals surface area (Å²) in [5, 5.41) is 12.8. The highest BCUT2D eigenvalue weighted by Gasteiger charge is 2.32. The van der Waals surface area contributed by atoms with Gasteiger partial charge >= 0.3 is 0 Å². The van der Waals surface area contributed by atoms with E-state index in [-0.39, 0.29) is 5.91 Å². The molecule has 0 saturated heterocycles. The molecular formula is C22H20Cl2N4OS. The highest BCUT2D eigenvalue weighted by atomic mass is 35.5. The molecule has 1 aromatic heterocycles. The number of rotatable bonds is 8. The van der Waals surface area contributed by atoms with E-state index >= 15 is 0 Å². The first-order valence-electron chi connectivity index (χ1n) is 9.57. The SMILES string of the molecule is C=CCn1c(SC(C(=O)Nc2cc(Cl)cc(Cl)c2)c2ccccc2)nnc1C1CC1. The van der Waals surface area contributed by atoms with Gasteiger partial charge in [0.15, 0.2) is 5.16 Å². The molecule has 1 aliphatic carbocycles. The number of nitrogens with one attached hydrogen (secondary N) is 1. The Hall–Kier alpha value is -2.28. The highest BCUT2D eigenvalue weighted by molar-refractivity contribution is 8.00. The van der Waals surface area contributed by atoms with E-state index in [1.54, 1.807) is 18.2 Å². The Labute approximate surface area is 189 Å². The number of nitrogens with zero attached hydrogens (tertiary/aromatic N) is 3. The van der Waals surface area contributed by atoms with E-state index in [1.165, 1.54) is 11.8 Å². The van der Waals surface area contributed by atoms with Crippen LogP contribution in [-0.2, 0) is 11.3 Å². The predicted molar refractivity (Wildman–Crippen MR) is 122 cm³/mol. The van der Waals surface area contributed by atoms with Crippen molar-refractivity contribution in [2.75, 3.05) is 5.32 Å². The number of anilines is 1. The van der Waals surface area contributed by atoms with Gasteiger partial charge in [0.2, 0.25) is 5.91 Å². The highest BCUT2D eigenvalue weighted by Crippen LogP contribution is 2.42. The van der Waals surface area contributed by atoms with Crippen molar-refractivity contribution in [2.24, 2.45) is 0 Å². The fourth-order valence-electron chi connectivity index (χ4n) is 3.17. The predicted octanol–water partition coefficient (Wildman–Crippen LogP) is 6.12. The van der Waals surface area contributed by atoms with Gasteiger partial charge in [-0.15, -0.1) is 16.8 Å². The molecule has 1 unspecified atom stereocenters. The van der Waals surface area contributed by atoms with Crippen molar-refractivity contribution < 1.29 is 4.79 Å². The molecule has 1 amide bonds. The Morgan fingerprint density at radius 3 is 2.53 bits per heavy atom. The largest absolute Gasteiger partial charge is 0.325 e. The molecule has 5 nitrogen and oxygen atoms in total. The minimum atomic E-state index is -0.524. The van der Waals surface area contributed by atoms with Crippen molar-refractivity contribution in [3.8, 4) is 0 Å². The lowest BCUT2D eigenvalue weighted by Gasteiger charge is -2.17. The number of amides is 1. The van der Waals surface area contributed by atoms with Crippen LogP contribution in [0.2, 0.25) is 10.0 Å². The molecule has 1 aliphatic rings. The van der Waals surface area contributed by atoms with Crippen LogP contribution in [0.3, 0.4) is 0 Å². The number of benzene rings is 2. The third-order valence-electron chi connectivity index (χ3n) is 4.69. The van der Waals surface area contributed by atoms with Gasteiger partial charge in [0.05, 0.1) is 0 Å². The smallest absolute Gasteiger partial charge is 0.242 e. The van der Waals surface area contributed by atoms with E-state index in [9.17, 15) is 4.79 Å². The molecule has 154 valence electrons. The minimum absolute atomic E-state index is 0.189. The first-order valence-corrected chi connectivity index (χ1v) is 11.2. The first kappa shape index (κ1) is 21.0. The van der Waals surface area contributed by atoms with Gasteiger partial charge in [0.1, 0.15) is 11.1 Å². The molecule has 1 fully saturated rings. The molecule has 3 aromatic rings. The second-order valence-corrected chi connectivity index (χ2v) is 9.02. The molecular weight excluding hydrogens is 439 g/mol. The third-order valence-corrected chi connectivity index (χ3v) is 6.36. The van der Waals surface area contributed by atoms with Crippen molar-refractivity contribution in [3.63, 3.8) is 0 Å². The number of hydrogen-bond donors (Lipinski definition) is 1. The number of aromatic nitrogens is 3. The number of carbonyl (C=O) groups is 1. The normalized spacial score (nSPS) is 14.3. The van der Waals surface area contributed by atoms with Crippen molar-refractivity contribution >= 4 is 46.6 Å². The van der Waals surface area contributed by atoms with Gasteiger partial charge < -0.3 is 9.88 Å². The topological polar surface area (TPSA) is 59.8 Å². The van der Waals surface area contributed by atoms with E-state index in [4.69, 9.17) is 23.2 Å². The monoisotopic (exact) mass is 458 g/mol. The summed E-state index contributed by atoms with van der Waals surface area (Å²) in [5.41, 5.74) is 1.42. The lowest BCUT2D eigenvalue weighted by Crippen LogP contribution is -2.19. The van der Waals surface area contributed by atoms with E-state index in [0.717, 1.165) is 24.2 Å². The quantitative estimate of drug-likeness (QED) is 0.326. The van der Waals surface area contributed by atoms with Gasteiger partial charge in [-0.1, -0.05) is 71.4 Å². The average molecular weight is 459 g/mol. The second kappa shape index (κ2) is 9.25. The van der Waals surface area contributed by atoms with Crippen molar-refractivity contribution in [3.05, 3.63) is 82.6 Å². The van der Waals surface area contributed by atoms with Crippen LogP contribution in [0.4, 0.5) is 5.69 Å². The Morgan fingerprint density at radius 1 is 1.20 bits per heavy atom. The molecule has 0 spiro atoms. The molecule has 8 heteroatoms. The average Bonchev–Trinajstić information content (AvgIpc) is 3.48. The maximum Gasteiger partial charge on any atom is 0.242 e. The molecule has 1 heterocycles. The Kier molecular flexibility index (Phi) is 6.46. The minimum Gasteiger partial charge on any atom is -0.325 e. The summed E-state index contributed by atoms with van der Waals surface area (Å²) >= 11 is 13.5. The maximum atomic E-state index is 13.3. The van der Waals surface area contributed by atoms with Gasteiger partial charge in [-0.05, 0) is 36.6 Å². The van der Waals surface area contributed by atoms with Crippen LogP contribution in [0.25, 0.3) is 0 Å². The summed E-state index contributed by atoms with van der Waals surface area (Å²) < 4.78 is 2.05. The summed E-state index contributed by atoms with van der Waals surface area (Å²) in [7, 11) is 0. The molecule has 2 aromatic carbocycles. The van der Waals surface area contributed by atoms with E-state index in [1.807, 2.05) is 36.4 Å². The van der Waals surface area contributed by atoms with Crippen LogP contribution in [-0.4, -0.2) is 20.7 Å². The zero-order chi connectivity index (χ0) is 21.1. The molecule has 0 bridgehead atoms. The fourth-order valence-corrected chi connectivity index (χ4v) is 4.75. The Morgan fingerprint density at radius 2 is 1.90 bits per heavy atom. The van der Waals surface area contributed by atoms with E-state index in [2.05, 4.69) is 26.7 Å². The van der Waals surface area contributed by atoms with Crippen LogP contribution in [0.5, 0.6) is 0 Å². The summed E-state index contributed by atoms with van der Waals surface area (Å²) in [6, 6.07) is 14.6. The summed E-state index contributed by atoms with van der Waals surface area (Å²) in [6.45, 7) is 4.46. The molecule has 0 radical (unpaired) electrons. The summed E-state index contributed by atoms with van der Waals surface area (Å²) in [6.07, 6.45) is 4.07. The number of hydrogen-bond acceptors (Lipinski definition) is 4. The molecule has 4 rings (SSSR count). The van der Waals surface area contributed by atoms with Crippen LogP contribution < -0.4 is 5.32 Å². The molecule has 1 saturated carbocycles. The molecule has 1 N–H and O–H groups in total. The van der Waals surface area contributed by atoms with Crippen LogP contribution in [0.15, 0.2) is 66.3 Å². The van der Waals surface area contributed by atoms with Gasteiger partial charge in [-0.25, -0.2) is 0 Å². The second-order valence-electron chi connectivity index (χ2n) is 7.07. The van der Waals surface area contributed by atoms with E-state index in [0.29, 0.717) is 33.4 Å². The van der Waals surface area contributed by atoms with Crippen molar-refractivity contribution in [1.82, 2.24) is 14.8 Å². The van der Waals surface area contributed by atoms with Crippen molar-refractivity contribution in [1.29, 1.82) is 0 Å². The van der Waals surface area contributed by atoms with Crippen molar-refractivity contribution in [2.45, 2.75) is 35.7 Å². The summed E-state index contributed by atoms with van der Waals surface area (Å²) in [5.74, 6) is 1.22. The molecule has 0 aliphatic heterocycles. The van der Waals surface area contributed by atoms with Gasteiger partial charge in [-0.2, -0.15) is 0 Å². The van der Waals surface area contributed by atoms with Gasteiger partial charge in [0, 0.05) is 28.2 Å². The number of thioether (sulfide) groups is 1. The molecule has 30 heavy (non-hydrogen) atoms. The van der Waals surface area contributed by atoms with Crippen LogP contribution in [0, 0.1) is 0 Å². The van der Waals surface area contributed by atoms with E-state index < -0.39 is 5.25 Å². The zero-order valence-corrected chi connectivity index (χ0v) is 18.4. The van der Waals surface area contributed by atoms with Crippen LogP contribution in [0.1, 0.15) is 35.4 Å².